The molecule has 0 bridgehead atoms. The van der Waals surface area contributed by atoms with E-state index in [1.807, 2.05) is 0 Å². The Kier molecular flexibility index (Phi) is 18.7. The summed E-state index contributed by atoms with van der Waals surface area (Å²) in [6, 6.07) is 0. The first-order valence-electron chi connectivity index (χ1n) is 1.56. The Morgan fingerprint density at radius 1 is 0.917 bits per heavy atom. The van der Waals surface area contributed by atoms with Crippen molar-refractivity contribution in [1.82, 2.24) is 0 Å². The van der Waals surface area contributed by atoms with Gasteiger partial charge in [-0.2, -0.15) is 0 Å². The van der Waals surface area contributed by atoms with Crippen molar-refractivity contribution in [2.75, 3.05) is 0 Å². The van der Waals surface area contributed by atoms with Crippen molar-refractivity contribution in [2.45, 2.75) is 0 Å². The predicted molar refractivity (Wildman–Crippen MR) is 25.1 cm³/mol. The minimum Gasteiger partial charge on any atom is -0.759 e. The maximum absolute atomic E-state index is 8.52. The maximum Gasteiger partial charge on any atom is 1.00 e. The minimum atomic E-state index is -5.17. The van der Waals surface area contributed by atoms with E-state index in [1.54, 1.807) is 0 Å². The molecule has 0 aliphatic heterocycles. The molecule has 12 heteroatoms. The van der Waals surface area contributed by atoms with E-state index in [1.165, 1.54) is 0 Å². The third-order valence-electron chi connectivity index (χ3n) is 0. The molecule has 0 aliphatic rings. The maximum atomic E-state index is 8.52. The van der Waals surface area contributed by atoms with Crippen LogP contribution in [0.4, 0.5) is 0 Å². The fourth-order valence-corrected chi connectivity index (χ4v) is 0. The van der Waals surface area contributed by atoms with E-state index in [2.05, 4.69) is 0 Å². The average molecular weight is 238 g/mol. The third-order valence-corrected chi connectivity index (χ3v) is 0. The molecule has 0 aromatic carbocycles. The van der Waals surface area contributed by atoms with Gasteiger partial charge in [-0.1, -0.05) is 0 Å². The summed E-state index contributed by atoms with van der Waals surface area (Å²) in [7, 11) is -9.78. The Labute approximate surface area is 114 Å². The van der Waals surface area contributed by atoms with Crippen LogP contribution in [0.25, 0.3) is 0 Å². The zero-order valence-electron chi connectivity index (χ0n) is 6.33. The smallest absolute Gasteiger partial charge is 0.759 e. The van der Waals surface area contributed by atoms with Crippen molar-refractivity contribution in [3.8, 4) is 0 Å². The second kappa shape index (κ2) is 9.48. The molecular formula is H4Na2O8SSi. The fraction of sp³-hybridized carbons (Fsp3) is 0. The zero-order chi connectivity index (χ0) is 9.00. The first kappa shape index (κ1) is 23.6. The largest absolute Gasteiger partial charge is 1.00 e. The summed E-state index contributed by atoms with van der Waals surface area (Å²) in [5.41, 5.74) is 0. The Morgan fingerprint density at radius 3 is 0.917 bits per heavy atom. The van der Waals surface area contributed by atoms with Gasteiger partial charge in [0.15, 0.2) is 0 Å². The number of hydrogen-bond donors (Lipinski definition) is 4. The molecule has 64 valence electrons. The molecule has 0 saturated carbocycles. The molecule has 0 radical (unpaired) electrons. The van der Waals surface area contributed by atoms with Crippen LogP contribution in [0.5, 0.6) is 0 Å². The van der Waals surface area contributed by atoms with Crippen molar-refractivity contribution >= 4 is 19.4 Å². The Hall–Kier alpha value is 1.93. The Bertz CT molecular complexity index is 152. The van der Waals surface area contributed by atoms with Crippen molar-refractivity contribution in [3.63, 3.8) is 0 Å². The molecular weight excluding hydrogens is 234 g/mol. The molecule has 0 fully saturated rings. The van der Waals surface area contributed by atoms with Gasteiger partial charge in [0.25, 0.3) is 0 Å². The molecule has 0 heterocycles. The first-order valence-corrected chi connectivity index (χ1v) is 4.68. The summed E-state index contributed by atoms with van der Waals surface area (Å²) >= 11 is 0. The van der Waals surface area contributed by atoms with Crippen LogP contribution in [0.15, 0.2) is 0 Å². The SMILES string of the molecule is O=S(=O)([O-])[O-].O[Si](O)(O)O.[Na+].[Na+]. The van der Waals surface area contributed by atoms with Gasteiger partial charge < -0.3 is 28.3 Å². The van der Waals surface area contributed by atoms with Crippen molar-refractivity contribution in [1.29, 1.82) is 0 Å². The molecule has 0 rings (SSSR count). The zero-order valence-corrected chi connectivity index (χ0v) is 12.1. The molecule has 0 spiro atoms. The van der Waals surface area contributed by atoms with Gasteiger partial charge in [-0.3, -0.25) is 8.42 Å². The molecule has 12 heavy (non-hydrogen) atoms. The molecule has 8 nitrogen and oxygen atoms in total. The second-order valence-electron chi connectivity index (χ2n) is 1.01. The van der Waals surface area contributed by atoms with Crippen LogP contribution >= 0.6 is 0 Å². The molecule has 0 saturated heterocycles. The molecule has 0 aromatic heterocycles. The van der Waals surface area contributed by atoms with E-state index >= 15 is 0 Å². The van der Waals surface area contributed by atoms with Gasteiger partial charge in [0.1, 0.15) is 0 Å². The summed E-state index contributed by atoms with van der Waals surface area (Å²) in [5, 5.41) is 0. The molecule has 0 aromatic rings. The van der Waals surface area contributed by atoms with Crippen LogP contribution in [0.3, 0.4) is 0 Å². The number of hydrogen-bond acceptors (Lipinski definition) is 8. The standard InChI is InChI=1S/2Na.H2O4S.H4O4Si/c;;2*1-5(2,3)4/h;;(H2,1,2,3,4);1-4H/q2*+1;;/p-2. The van der Waals surface area contributed by atoms with Crippen molar-refractivity contribution in [3.05, 3.63) is 0 Å². The molecule has 0 aliphatic carbocycles. The second-order valence-corrected chi connectivity index (χ2v) is 3.02. The van der Waals surface area contributed by atoms with Crippen LogP contribution in [0, 0.1) is 0 Å². The van der Waals surface area contributed by atoms with E-state index < -0.39 is 19.4 Å². The summed E-state index contributed by atoms with van der Waals surface area (Å²) in [5.74, 6) is 0. The van der Waals surface area contributed by atoms with Gasteiger partial charge in [-0.05, 0) is 0 Å². The van der Waals surface area contributed by atoms with E-state index in [0.29, 0.717) is 0 Å². The van der Waals surface area contributed by atoms with Gasteiger partial charge in [-0.15, -0.1) is 0 Å². The fourth-order valence-electron chi connectivity index (χ4n) is 0. The third kappa shape index (κ3) is 384. The molecule has 4 N–H and O–H groups in total. The molecule has 0 unspecified atom stereocenters. The van der Waals surface area contributed by atoms with Crippen LogP contribution in [0.2, 0.25) is 0 Å². The summed E-state index contributed by atoms with van der Waals surface area (Å²) in [6.45, 7) is 0. The Balaban J connectivity index is -0.0000000457. The van der Waals surface area contributed by atoms with Gasteiger partial charge in [0.05, 0.1) is 0 Å². The summed E-state index contributed by atoms with van der Waals surface area (Å²) < 4.78 is 34.1. The van der Waals surface area contributed by atoms with Crippen LogP contribution in [-0.2, 0) is 10.4 Å². The molecule has 0 atom stereocenters. The van der Waals surface area contributed by atoms with Gasteiger partial charge in [-0.25, -0.2) is 0 Å². The van der Waals surface area contributed by atoms with E-state index in [9.17, 15) is 0 Å². The van der Waals surface area contributed by atoms with Crippen molar-refractivity contribution < 1.29 is 95.8 Å². The number of rotatable bonds is 0. The normalized spacial score (nSPS) is 9.83. The average Bonchev–Trinajstić information content (AvgIpc) is 1.12. The van der Waals surface area contributed by atoms with E-state index in [0.717, 1.165) is 0 Å². The van der Waals surface area contributed by atoms with Gasteiger partial charge in [0.2, 0.25) is 0 Å². The first-order chi connectivity index (χ1) is 4.00. The van der Waals surface area contributed by atoms with Crippen LogP contribution in [0.1, 0.15) is 0 Å². The van der Waals surface area contributed by atoms with Crippen LogP contribution in [-0.4, -0.2) is 45.8 Å². The van der Waals surface area contributed by atoms with Crippen LogP contribution < -0.4 is 59.1 Å². The predicted octanol–water partition coefficient (Wildman–Crippen LogP) is -9.94. The Morgan fingerprint density at radius 2 is 0.917 bits per heavy atom. The summed E-state index contributed by atoms with van der Waals surface area (Å²) in [6.07, 6.45) is 0. The van der Waals surface area contributed by atoms with Gasteiger partial charge in [0, 0.05) is 10.4 Å². The molecule has 0 amide bonds. The minimum absolute atomic E-state index is 0. The van der Waals surface area contributed by atoms with Gasteiger partial charge >= 0.3 is 68.2 Å². The van der Waals surface area contributed by atoms with E-state index in [4.69, 9.17) is 36.7 Å². The topological polar surface area (TPSA) is 161 Å². The monoisotopic (exact) mass is 238 g/mol. The summed E-state index contributed by atoms with van der Waals surface area (Å²) in [4.78, 5) is 29.3. The van der Waals surface area contributed by atoms with E-state index in [-0.39, 0.29) is 59.1 Å². The quantitative estimate of drug-likeness (QED) is 0.184. The van der Waals surface area contributed by atoms with Crippen molar-refractivity contribution in [2.24, 2.45) is 0 Å².